The van der Waals surface area contributed by atoms with Crippen molar-refractivity contribution >= 4 is 16.9 Å². The Labute approximate surface area is 192 Å². The number of carbonyl (C=O) groups is 1. The zero-order valence-corrected chi connectivity index (χ0v) is 20.5. The van der Waals surface area contributed by atoms with Gasteiger partial charge in [-0.2, -0.15) is 5.10 Å². The van der Waals surface area contributed by atoms with Gasteiger partial charge in [0.25, 0.3) is 5.91 Å². The highest BCUT2D eigenvalue weighted by Gasteiger charge is 2.29. The summed E-state index contributed by atoms with van der Waals surface area (Å²) in [5.41, 5.74) is 2.52. The Kier molecular flexibility index (Phi) is 6.86. The molecule has 7 nitrogen and oxygen atoms in total. The molecular formula is C25H39N5O2. The van der Waals surface area contributed by atoms with Crippen LogP contribution in [0, 0.1) is 5.92 Å². The predicted octanol–water partition coefficient (Wildman–Crippen LogP) is 4.10. The number of likely N-dealkylation sites (tertiary alicyclic amines) is 1. The summed E-state index contributed by atoms with van der Waals surface area (Å²) in [4.78, 5) is 23.0. The second-order valence-electron chi connectivity index (χ2n) is 10.4. The summed E-state index contributed by atoms with van der Waals surface area (Å²) in [5.74, 6) is 1.02. The average molecular weight is 442 g/mol. The molecule has 2 aromatic heterocycles. The van der Waals surface area contributed by atoms with Crippen molar-refractivity contribution in [3.63, 3.8) is 0 Å². The first kappa shape index (κ1) is 23.2. The van der Waals surface area contributed by atoms with Crippen molar-refractivity contribution in [3.8, 4) is 0 Å². The monoisotopic (exact) mass is 441 g/mol. The van der Waals surface area contributed by atoms with Crippen molar-refractivity contribution in [1.29, 1.82) is 0 Å². The third kappa shape index (κ3) is 4.84. The Bertz CT molecular complexity index is 935. The van der Waals surface area contributed by atoms with Crippen LogP contribution in [0.3, 0.4) is 0 Å². The van der Waals surface area contributed by atoms with Crippen molar-refractivity contribution in [1.82, 2.24) is 24.6 Å². The van der Waals surface area contributed by atoms with Crippen molar-refractivity contribution in [2.45, 2.75) is 78.6 Å². The Morgan fingerprint density at radius 2 is 1.78 bits per heavy atom. The van der Waals surface area contributed by atoms with E-state index in [4.69, 9.17) is 9.72 Å². The van der Waals surface area contributed by atoms with E-state index in [0.717, 1.165) is 67.9 Å². The van der Waals surface area contributed by atoms with E-state index >= 15 is 0 Å². The molecule has 2 atom stereocenters. The number of morpholine rings is 1. The van der Waals surface area contributed by atoms with Gasteiger partial charge in [-0.3, -0.25) is 9.69 Å². The van der Waals surface area contributed by atoms with Gasteiger partial charge in [0, 0.05) is 44.5 Å². The van der Waals surface area contributed by atoms with Crippen molar-refractivity contribution in [3.05, 3.63) is 23.5 Å². The number of rotatable bonds is 5. The van der Waals surface area contributed by atoms with Gasteiger partial charge in [0.2, 0.25) is 0 Å². The largest absolute Gasteiger partial charge is 0.373 e. The minimum atomic E-state index is 0.120. The fourth-order valence-corrected chi connectivity index (χ4v) is 5.18. The van der Waals surface area contributed by atoms with Gasteiger partial charge in [-0.25, -0.2) is 9.67 Å². The average Bonchev–Trinajstić information content (AvgIpc) is 3.16. The van der Waals surface area contributed by atoms with Gasteiger partial charge in [0.1, 0.15) is 0 Å². The minimum Gasteiger partial charge on any atom is -0.373 e. The van der Waals surface area contributed by atoms with Crippen molar-refractivity contribution < 1.29 is 9.53 Å². The maximum atomic E-state index is 13.6. The normalized spacial score (nSPS) is 23.6. The number of aromatic nitrogens is 3. The van der Waals surface area contributed by atoms with Crippen LogP contribution in [-0.2, 0) is 4.74 Å². The van der Waals surface area contributed by atoms with E-state index in [9.17, 15) is 4.79 Å². The molecule has 0 spiro atoms. The quantitative estimate of drug-likeness (QED) is 0.699. The lowest BCUT2D eigenvalue weighted by Crippen LogP contribution is -2.48. The van der Waals surface area contributed by atoms with E-state index in [0.29, 0.717) is 18.1 Å². The summed E-state index contributed by atoms with van der Waals surface area (Å²) in [5, 5.41) is 5.41. The molecule has 7 heteroatoms. The molecule has 1 amide bonds. The molecule has 0 aromatic carbocycles. The lowest BCUT2D eigenvalue weighted by atomic mass is 9.94. The maximum Gasteiger partial charge on any atom is 0.254 e. The van der Waals surface area contributed by atoms with Crippen LogP contribution in [0.1, 0.15) is 82.4 Å². The Morgan fingerprint density at radius 3 is 2.38 bits per heavy atom. The second-order valence-corrected chi connectivity index (χ2v) is 10.4. The van der Waals surface area contributed by atoms with E-state index in [1.165, 1.54) is 0 Å². The fourth-order valence-electron chi connectivity index (χ4n) is 5.18. The molecule has 2 aliphatic heterocycles. The number of nitrogens with zero attached hydrogens (tertiary/aromatic N) is 5. The van der Waals surface area contributed by atoms with Crippen molar-refractivity contribution in [2.24, 2.45) is 5.92 Å². The number of ether oxygens (including phenoxy) is 1. The molecule has 2 aromatic rings. The van der Waals surface area contributed by atoms with E-state index in [1.807, 2.05) is 21.8 Å². The van der Waals surface area contributed by atoms with Crippen LogP contribution in [-0.4, -0.2) is 75.4 Å². The fraction of sp³-hybridized carbons (Fsp3) is 0.720. The van der Waals surface area contributed by atoms with E-state index in [-0.39, 0.29) is 17.9 Å². The molecule has 32 heavy (non-hydrogen) atoms. The minimum absolute atomic E-state index is 0.120. The van der Waals surface area contributed by atoms with Gasteiger partial charge >= 0.3 is 0 Å². The molecular weight excluding hydrogens is 402 g/mol. The lowest BCUT2D eigenvalue weighted by molar-refractivity contribution is -0.0728. The molecule has 176 valence electrons. The van der Waals surface area contributed by atoms with Gasteiger partial charge in [-0.1, -0.05) is 13.8 Å². The highest BCUT2D eigenvalue weighted by atomic mass is 16.5. The van der Waals surface area contributed by atoms with E-state index < -0.39 is 0 Å². The predicted molar refractivity (Wildman–Crippen MR) is 127 cm³/mol. The van der Waals surface area contributed by atoms with Crippen LogP contribution in [0.2, 0.25) is 0 Å². The molecule has 2 fully saturated rings. The van der Waals surface area contributed by atoms with Gasteiger partial charge in [-0.15, -0.1) is 0 Å². The zero-order chi connectivity index (χ0) is 23.0. The van der Waals surface area contributed by atoms with Crippen LogP contribution in [0.25, 0.3) is 11.0 Å². The number of fused-ring (bicyclic) bond motifs is 1. The maximum absolute atomic E-state index is 13.6. The number of piperidine rings is 1. The Hall–Kier alpha value is -1.99. The number of pyridine rings is 1. The molecule has 2 saturated heterocycles. The summed E-state index contributed by atoms with van der Waals surface area (Å²) in [7, 11) is 0. The smallest absolute Gasteiger partial charge is 0.254 e. The van der Waals surface area contributed by atoms with Crippen LogP contribution >= 0.6 is 0 Å². The first-order valence-corrected chi connectivity index (χ1v) is 12.3. The van der Waals surface area contributed by atoms with E-state index in [1.54, 1.807) is 0 Å². The number of hydrogen-bond acceptors (Lipinski definition) is 5. The standard InChI is InChI=1S/C25H39N5O2/c1-16(2)23-11-21(22-12-26-30(17(3)4)24(22)27-23)25(31)29-9-7-20(8-10-29)15-28-13-18(5)32-19(6)14-28/h11-12,16-20H,7-10,13-15H2,1-6H3. The topological polar surface area (TPSA) is 63.5 Å². The van der Waals surface area contributed by atoms with Crippen LogP contribution in [0.15, 0.2) is 12.3 Å². The Balaban J connectivity index is 1.47. The second kappa shape index (κ2) is 9.48. The van der Waals surface area contributed by atoms with Gasteiger partial charge in [0.15, 0.2) is 5.65 Å². The van der Waals surface area contributed by atoms with Gasteiger partial charge in [0.05, 0.1) is 29.4 Å². The van der Waals surface area contributed by atoms with Gasteiger partial charge in [-0.05, 0) is 58.4 Å². The Morgan fingerprint density at radius 1 is 1.12 bits per heavy atom. The summed E-state index contributed by atoms with van der Waals surface area (Å²) >= 11 is 0. The molecule has 0 saturated carbocycles. The first-order valence-electron chi connectivity index (χ1n) is 12.3. The van der Waals surface area contributed by atoms with Gasteiger partial charge < -0.3 is 9.64 Å². The molecule has 4 rings (SSSR count). The highest BCUT2D eigenvalue weighted by Crippen LogP contribution is 2.27. The molecule has 0 bridgehead atoms. The summed E-state index contributed by atoms with van der Waals surface area (Å²) in [6.45, 7) is 17.5. The molecule has 0 aliphatic carbocycles. The first-order chi connectivity index (χ1) is 15.2. The molecule has 2 aliphatic rings. The number of hydrogen-bond donors (Lipinski definition) is 0. The summed E-state index contributed by atoms with van der Waals surface area (Å²) in [6.07, 6.45) is 4.53. The van der Waals surface area contributed by atoms with Crippen molar-refractivity contribution in [2.75, 3.05) is 32.7 Å². The van der Waals surface area contributed by atoms with E-state index in [2.05, 4.69) is 51.5 Å². The third-order valence-corrected chi connectivity index (χ3v) is 6.81. The third-order valence-electron chi connectivity index (χ3n) is 6.81. The summed E-state index contributed by atoms with van der Waals surface area (Å²) in [6, 6.07) is 2.19. The van der Waals surface area contributed by atoms with Crippen LogP contribution in [0.4, 0.5) is 0 Å². The lowest BCUT2D eigenvalue weighted by Gasteiger charge is -2.39. The zero-order valence-electron chi connectivity index (χ0n) is 20.5. The highest BCUT2D eigenvalue weighted by molar-refractivity contribution is 6.05. The summed E-state index contributed by atoms with van der Waals surface area (Å²) < 4.78 is 7.80. The molecule has 2 unspecified atom stereocenters. The molecule has 4 heterocycles. The molecule has 0 N–H and O–H groups in total. The SMILES string of the molecule is CC1CN(CC2CCN(C(=O)c3cc(C(C)C)nc4c3cnn4C(C)C)CC2)CC(C)O1. The molecule has 0 radical (unpaired) electrons. The number of carbonyl (C=O) groups excluding carboxylic acids is 1. The number of amides is 1. The van der Waals surface area contributed by atoms with Crippen LogP contribution < -0.4 is 0 Å². The van der Waals surface area contributed by atoms with Crippen LogP contribution in [0.5, 0.6) is 0 Å².